The Bertz CT molecular complexity index is 1250. The minimum absolute atomic E-state index is 0.192. The Labute approximate surface area is 205 Å². The molecule has 1 amide bonds. The number of hydrogen-bond acceptors (Lipinski definition) is 6. The summed E-state index contributed by atoms with van der Waals surface area (Å²) < 4.78 is 7.44. The van der Waals surface area contributed by atoms with Crippen LogP contribution in [0.1, 0.15) is 43.0 Å². The van der Waals surface area contributed by atoms with Crippen LogP contribution in [0, 0.1) is 12.8 Å². The molecule has 0 aliphatic carbocycles. The number of aryl methyl sites for hydroxylation is 2. The van der Waals surface area contributed by atoms with Gasteiger partial charge in [0.05, 0.1) is 0 Å². The first kappa shape index (κ1) is 23.0. The number of rotatable bonds is 8. The van der Waals surface area contributed by atoms with E-state index in [1.165, 1.54) is 5.56 Å². The SMILES string of the molecule is Cc1ccc(-c2noc(CCCC(=O)N3CCCC(Cc4nncn4-c4ccccc4)C3)n2)cc1. The first-order valence-corrected chi connectivity index (χ1v) is 12.3. The minimum Gasteiger partial charge on any atom is -0.342 e. The highest BCUT2D eigenvalue weighted by molar-refractivity contribution is 5.76. The van der Waals surface area contributed by atoms with Crippen molar-refractivity contribution in [1.29, 1.82) is 0 Å². The molecule has 1 saturated heterocycles. The Morgan fingerprint density at radius 2 is 1.94 bits per heavy atom. The molecule has 8 heteroatoms. The van der Waals surface area contributed by atoms with E-state index in [1.54, 1.807) is 6.33 Å². The Morgan fingerprint density at radius 3 is 2.77 bits per heavy atom. The van der Waals surface area contributed by atoms with Crippen molar-refractivity contribution >= 4 is 5.91 Å². The Morgan fingerprint density at radius 1 is 1.11 bits per heavy atom. The zero-order valence-electron chi connectivity index (χ0n) is 20.0. The summed E-state index contributed by atoms with van der Waals surface area (Å²) in [6.45, 7) is 3.63. The van der Waals surface area contributed by atoms with E-state index >= 15 is 0 Å². The van der Waals surface area contributed by atoms with Crippen LogP contribution in [0.2, 0.25) is 0 Å². The highest BCUT2D eigenvalue weighted by Gasteiger charge is 2.25. The lowest BCUT2D eigenvalue weighted by Crippen LogP contribution is -2.40. The average molecular weight is 471 g/mol. The maximum absolute atomic E-state index is 12.9. The summed E-state index contributed by atoms with van der Waals surface area (Å²) in [6, 6.07) is 18.2. The van der Waals surface area contributed by atoms with Crippen LogP contribution in [0.5, 0.6) is 0 Å². The molecule has 0 radical (unpaired) electrons. The second kappa shape index (κ2) is 10.6. The summed E-state index contributed by atoms with van der Waals surface area (Å²) in [5.41, 5.74) is 3.18. The standard InChI is InChI=1S/C27H30N6O2/c1-20-12-14-22(15-13-20)27-29-25(35-31-27)10-5-11-26(34)32-16-6-7-21(18-32)17-24-30-28-19-33(24)23-8-3-2-4-9-23/h2-4,8-9,12-15,19,21H,5-7,10-11,16-18H2,1H3. The lowest BCUT2D eigenvalue weighted by molar-refractivity contribution is -0.133. The Hall–Kier alpha value is -3.81. The molecule has 3 heterocycles. The molecule has 1 atom stereocenters. The number of likely N-dealkylation sites (tertiary alicyclic amines) is 1. The third-order valence-corrected chi connectivity index (χ3v) is 6.55. The van der Waals surface area contributed by atoms with Crippen molar-refractivity contribution < 1.29 is 9.32 Å². The minimum atomic E-state index is 0.192. The summed E-state index contributed by atoms with van der Waals surface area (Å²) in [5, 5.41) is 12.6. The molecule has 1 aliphatic heterocycles. The van der Waals surface area contributed by atoms with Gasteiger partial charge in [-0.1, -0.05) is 53.2 Å². The molecule has 2 aromatic carbocycles. The molecule has 0 spiro atoms. The van der Waals surface area contributed by atoms with Crippen molar-refractivity contribution in [1.82, 2.24) is 29.8 Å². The monoisotopic (exact) mass is 470 g/mol. The molecular weight excluding hydrogens is 440 g/mol. The van der Waals surface area contributed by atoms with Gasteiger partial charge in [-0.05, 0) is 44.2 Å². The maximum Gasteiger partial charge on any atom is 0.226 e. The van der Waals surface area contributed by atoms with Crippen molar-refractivity contribution in [3.05, 3.63) is 78.2 Å². The molecule has 5 rings (SSSR count). The van der Waals surface area contributed by atoms with E-state index in [-0.39, 0.29) is 5.91 Å². The number of amides is 1. The average Bonchev–Trinajstić information content (AvgIpc) is 3.55. The van der Waals surface area contributed by atoms with Crippen molar-refractivity contribution in [3.8, 4) is 17.1 Å². The molecule has 1 unspecified atom stereocenters. The van der Waals surface area contributed by atoms with Crippen molar-refractivity contribution in [3.63, 3.8) is 0 Å². The molecule has 2 aromatic heterocycles. The van der Waals surface area contributed by atoms with E-state index in [0.717, 1.165) is 49.4 Å². The number of piperidine rings is 1. The first-order valence-electron chi connectivity index (χ1n) is 12.3. The molecule has 0 saturated carbocycles. The predicted octanol–water partition coefficient (Wildman–Crippen LogP) is 4.43. The van der Waals surface area contributed by atoms with Crippen LogP contribution in [-0.2, 0) is 17.6 Å². The highest BCUT2D eigenvalue weighted by Crippen LogP contribution is 2.23. The predicted molar refractivity (Wildman–Crippen MR) is 132 cm³/mol. The second-order valence-corrected chi connectivity index (χ2v) is 9.24. The Balaban J connectivity index is 1.12. The number of carbonyl (C=O) groups is 1. The van der Waals surface area contributed by atoms with Gasteiger partial charge in [-0.25, -0.2) is 0 Å². The van der Waals surface area contributed by atoms with Gasteiger partial charge in [-0.15, -0.1) is 10.2 Å². The first-order chi connectivity index (χ1) is 17.2. The van der Waals surface area contributed by atoms with Crippen LogP contribution in [0.3, 0.4) is 0 Å². The van der Waals surface area contributed by atoms with E-state index in [0.29, 0.717) is 36.9 Å². The van der Waals surface area contributed by atoms with E-state index in [4.69, 9.17) is 4.52 Å². The second-order valence-electron chi connectivity index (χ2n) is 9.24. The van der Waals surface area contributed by atoms with Crippen LogP contribution in [-0.4, -0.2) is 48.8 Å². The molecular formula is C27H30N6O2. The Kier molecular flexibility index (Phi) is 6.97. The third kappa shape index (κ3) is 5.65. The summed E-state index contributed by atoms with van der Waals surface area (Å²) in [5.74, 6) is 2.68. The smallest absolute Gasteiger partial charge is 0.226 e. The number of hydrogen-bond donors (Lipinski definition) is 0. The molecule has 0 bridgehead atoms. The lowest BCUT2D eigenvalue weighted by Gasteiger charge is -2.32. The van der Waals surface area contributed by atoms with Gasteiger partial charge < -0.3 is 9.42 Å². The molecule has 8 nitrogen and oxygen atoms in total. The molecule has 4 aromatic rings. The van der Waals surface area contributed by atoms with Gasteiger partial charge in [0.2, 0.25) is 17.6 Å². The number of carbonyl (C=O) groups excluding carboxylic acids is 1. The van der Waals surface area contributed by atoms with Crippen LogP contribution in [0.25, 0.3) is 17.1 Å². The summed E-state index contributed by atoms with van der Waals surface area (Å²) in [4.78, 5) is 19.4. The molecule has 1 fully saturated rings. The fraction of sp³-hybridized carbons (Fsp3) is 0.370. The van der Waals surface area contributed by atoms with Gasteiger partial charge in [-0.2, -0.15) is 4.98 Å². The van der Waals surface area contributed by atoms with Gasteiger partial charge in [-0.3, -0.25) is 9.36 Å². The van der Waals surface area contributed by atoms with Gasteiger partial charge in [0.1, 0.15) is 12.2 Å². The van der Waals surface area contributed by atoms with Gasteiger partial charge in [0.15, 0.2) is 0 Å². The van der Waals surface area contributed by atoms with E-state index < -0.39 is 0 Å². The topological polar surface area (TPSA) is 89.9 Å². The zero-order chi connectivity index (χ0) is 24.0. The molecule has 180 valence electrons. The molecule has 0 N–H and O–H groups in total. The fourth-order valence-electron chi connectivity index (χ4n) is 4.64. The lowest BCUT2D eigenvalue weighted by atomic mass is 9.94. The maximum atomic E-state index is 12.9. The van der Waals surface area contributed by atoms with Crippen LogP contribution in [0.4, 0.5) is 0 Å². The summed E-state index contributed by atoms with van der Waals surface area (Å²) in [6.07, 6.45) is 6.45. The number of benzene rings is 2. The number of nitrogens with zero attached hydrogens (tertiary/aromatic N) is 6. The van der Waals surface area contributed by atoms with Crippen LogP contribution in [0.15, 0.2) is 65.4 Å². The highest BCUT2D eigenvalue weighted by atomic mass is 16.5. The van der Waals surface area contributed by atoms with E-state index in [1.807, 2.05) is 58.9 Å². The molecule has 35 heavy (non-hydrogen) atoms. The normalized spacial score (nSPS) is 15.9. The van der Waals surface area contributed by atoms with E-state index in [2.05, 4.69) is 32.5 Å². The van der Waals surface area contributed by atoms with Gasteiger partial charge in [0, 0.05) is 43.6 Å². The van der Waals surface area contributed by atoms with Gasteiger partial charge >= 0.3 is 0 Å². The van der Waals surface area contributed by atoms with E-state index in [9.17, 15) is 4.79 Å². The van der Waals surface area contributed by atoms with Crippen molar-refractivity contribution in [2.24, 2.45) is 5.92 Å². The third-order valence-electron chi connectivity index (χ3n) is 6.55. The van der Waals surface area contributed by atoms with Gasteiger partial charge in [0.25, 0.3) is 0 Å². The quantitative estimate of drug-likeness (QED) is 0.378. The molecule has 1 aliphatic rings. The zero-order valence-corrected chi connectivity index (χ0v) is 20.0. The van der Waals surface area contributed by atoms with Crippen LogP contribution < -0.4 is 0 Å². The number of para-hydroxylation sites is 1. The number of aromatic nitrogens is 5. The summed E-state index contributed by atoms with van der Waals surface area (Å²) >= 11 is 0. The largest absolute Gasteiger partial charge is 0.342 e. The van der Waals surface area contributed by atoms with Crippen molar-refractivity contribution in [2.75, 3.05) is 13.1 Å². The van der Waals surface area contributed by atoms with Crippen LogP contribution >= 0.6 is 0 Å². The summed E-state index contributed by atoms with van der Waals surface area (Å²) in [7, 11) is 0. The fourth-order valence-corrected chi connectivity index (χ4v) is 4.64. The van der Waals surface area contributed by atoms with Crippen molar-refractivity contribution in [2.45, 2.75) is 45.4 Å².